The van der Waals surface area contributed by atoms with Crippen LogP contribution in [0.15, 0.2) is 24.3 Å². The molecule has 14 heavy (non-hydrogen) atoms. The van der Waals surface area contributed by atoms with Gasteiger partial charge in [0.15, 0.2) is 0 Å². The van der Waals surface area contributed by atoms with E-state index in [0.717, 1.165) is 17.7 Å². The Morgan fingerprint density at radius 1 is 1.21 bits per heavy atom. The van der Waals surface area contributed by atoms with Crippen LogP contribution in [0.1, 0.15) is 29.4 Å². The van der Waals surface area contributed by atoms with E-state index in [9.17, 15) is 5.11 Å². The Morgan fingerprint density at radius 2 is 1.93 bits per heavy atom. The maximum absolute atomic E-state index is 9.78. The summed E-state index contributed by atoms with van der Waals surface area (Å²) in [5.41, 5.74) is 2.27. The lowest BCUT2D eigenvalue weighted by atomic mass is 9.95. The Morgan fingerprint density at radius 3 is 2.64 bits per heavy atom. The molecule has 2 aliphatic rings. The minimum absolute atomic E-state index is 0.407. The van der Waals surface area contributed by atoms with Gasteiger partial charge in [0, 0.05) is 23.0 Å². The average molecular weight is 188 g/mol. The van der Waals surface area contributed by atoms with Crippen LogP contribution in [0.5, 0.6) is 11.5 Å². The van der Waals surface area contributed by atoms with E-state index in [1.807, 2.05) is 6.07 Å². The summed E-state index contributed by atoms with van der Waals surface area (Å²) in [6.07, 6.45) is 5.50. The molecule has 0 spiro atoms. The first-order valence-electron chi connectivity index (χ1n) is 4.89. The van der Waals surface area contributed by atoms with Gasteiger partial charge in [0.2, 0.25) is 0 Å². The molecule has 0 fully saturated rings. The van der Waals surface area contributed by atoms with E-state index < -0.39 is 0 Å². The van der Waals surface area contributed by atoms with Gasteiger partial charge < -0.3 is 9.84 Å². The first-order chi connectivity index (χ1) is 6.81. The summed E-state index contributed by atoms with van der Waals surface area (Å²) < 4.78 is 5.32. The fraction of sp³-hybridized carbons (Fsp3) is 0.333. The van der Waals surface area contributed by atoms with Crippen LogP contribution in [-0.2, 0) is 0 Å². The Labute approximate surface area is 82.8 Å². The van der Waals surface area contributed by atoms with Crippen LogP contribution >= 0.6 is 0 Å². The first kappa shape index (κ1) is 7.92. The second-order valence-electron chi connectivity index (χ2n) is 3.95. The van der Waals surface area contributed by atoms with Gasteiger partial charge in [0.1, 0.15) is 11.5 Å². The molecule has 2 atom stereocenters. The maximum atomic E-state index is 9.78. The van der Waals surface area contributed by atoms with E-state index in [1.165, 1.54) is 5.56 Å². The molecule has 72 valence electrons. The van der Waals surface area contributed by atoms with Crippen LogP contribution in [0.3, 0.4) is 0 Å². The zero-order valence-corrected chi connectivity index (χ0v) is 8.03. The number of phenolic OH excluding ortho intramolecular Hbond substituents is 1. The third-order valence-corrected chi connectivity index (χ3v) is 3.27. The molecule has 0 amide bonds. The highest BCUT2D eigenvalue weighted by Crippen LogP contribution is 2.54. The zero-order chi connectivity index (χ0) is 9.71. The van der Waals surface area contributed by atoms with E-state index in [0.29, 0.717) is 17.6 Å². The van der Waals surface area contributed by atoms with Crippen LogP contribution in [-0.4, -0.2) is 12.2 Å². The molecule has 3 rings (SSSR count). The highest BCUT2D eigenvalue weighted by molar-refractivity contribution is 5.59. The molecular weight excluding hydrogens is 176 g/mol. The van der Waals surface area contributed by atoms with Crippen LogP contribution in [0.4, 0.5) is 0 Å². The number of hydrogen-bond donors (Lipinski definition) is 1. The summed E-state index contributed by atoms with van der Waals surface area (Å²) in [5.74, 6) is 2.19. The summed E-state index contributed by atoms with van der Waals surface area (Å²) in [5, 5.41) is 9.78. The van der Waals surface area contributed by atoms with Crippen molar-refractivity contribution in [1.82, 2.24) is 0 Å². The molecule has 2 nitrogen and oxygen atoms in total. The van der Waals surface area contributed by atoms with Crippen LogP contribution in [0, 0.1) is 0 Å². The van der Waals surface area contributed by atoms with Gasteiger partial charge in [0.25, 0.3) is 0 Å². The molecule has 2 bridgehead atoms. The molecule has 2 unspecified atom stereocenters. The Bertz CT molecular complexity index is 421. The van der Waals surface area contributed by atoms with Crippen molar-refractivity contribution in [2.75, 3.05) is 7.11 Å². The fourth-order valence-electron chi connectivity index (χ4n) is 2.68. The van der Waals surface area contributed by atoms with Gasteiger partial charge in [-0.2, -0.15) is 0 Å². The summed E-state index contributed by atoms with van der Waals surface area (Å²) in [6, 6.07) is 3.58. The van der Waals surface area contributed by atoms with E-state index in [1.54, 1.807) is 13.2 Å². The molecule has 0 saturated heterocycles. The van der Waals surface area contributed by atoms with Gasteiger partial charge in [0.05, 0.1) is 7.11 Å². The standard InChI is InChI=1S/C12H12O2/c1-14-10-5-4-9(13)11-7-2-3-8(6-7)12(10)11/h2-5,7-8,13H,6H2,1H3. The number of rotatable bonds is 1. The highest BCUT2D eigenvalue weighted by Gasteiger charge is 2.37. The molecule has 2 heteroatoms. The molecule has 1 aromatic rings. The van der Waals surface area contributed by atoms with Gasteiger partial charge in [-0.15, -0.1) is 0 Å². The molecule has 1 aromatic carbocycles. The van der Waals surface area contributed by atoms with Crippen molar-refractivity contribution in [2.45, 2.75) is 18.3 Å². The maximum Gasteiger partial charge on any atom is 0.123 e. The summed E-state index contributed by atoms with van der Waals surface area (Å²) in [7, 11) is 1.68. The van der Waals surface area contributed by atoms with Crippen molar-refractivity contribution < 1.29 is 9.84 Å². The average Bonchev–Trinajstić information content (AvgIpc) is 2.79. The lowest BCUT2D eigenvalue weighted by Crippen LogP contribution is -1.97. The molecule has 0 aromatic heterocycles. The number of aromatic hydroxyl groups is 1. The highest BCUT2D eigenvalue weighted by atomic mass is 16.5. The van der Waals surface area contributed by atoms with Gasteiger partial charge in [-0.1, -0.05) is 12.2 Å². The fourth-order valence-corrected chi connectivity index (χ4v) is 2.68. The number of allylic oxidation sites excluding steroid dienone is 2. The van der Waals surface area contributed by atoms with Crippen molar-refractivity contribution in [2.24, 2.45) is 0 Å². The molecule has 0 radical (unpaired) electrons. The third kappa shape index (κ3) is 0.808. The van der Waals surface area contributed by atoms with Gasteiger partial charge >= 0.3 is 0 Å². The predicted octanol–water partition coefficient (Wildman–Crippen LogP) is 2.54. The number of phenols is 1. The molecule has 0 saturated carbocycles. The van der Waals surface area contributed by atoms with Gasteiger partial charge in [-0.3, -0.25) is 0 Å². The topological polar surface area (TPSA) is 29.5 Å². The van der Waals surface area contributed by atoms with E-state index in [-0.39, 0.29) is 0 Å². The predicted molar refractivity (Wildman–Crippen MR) is 53.9 cm³/mol. The number of methoxy groups -OCH3 is 1. The first-order valence-corrected chi connectivity index (χ1v) is 4.89. The van der Waals surface area contributed by atoms with Crippen LogP contribution in [0.2, 0.25) is 0 Å². The normalized spacial score (nSPS) is 26.6. The minimum Gasteiger partial charge on any atom is -0.508 e. The molecule has 2 aliphatic carbocycles. The SMILES string of the molecule is COc1ccc(O)c2c1C1C=CC2C1. The van der Waals surface area contributed by atoms with Crippen molar-refractivity contribution in [3.63, 3.8) is 0 Å². The second-order valence-corrected chi connectivity index (χ2v) is 3.95. The van der Waals surface area contributed by atoms with Gasteiger partial charge in [-0.25, -0.2) is 0 Å². The van der Waals surface area contributed by atoms with Crippen LogP contribution < -0.4 is 4.74 Å². The van der Waals surface area contributed by atoms with E-state index in [4.69, 9.17) is 4.74 Å². The smallest absolute Gasteiger partial charge is 0.123 e. The molecule has 0 heterocycles. The Kier molecular flexibility index (Phi) is 1.43. The molecule has 1 N–H and O–H groups in total. The monoisotopic (exact) mass is 188 g/mol. The quantitative estimate of drug-likeness (QED) is 0.686. The number of ether oxygens (including phenoxy) is 1. The van der Waals surface area contributed by atoms with Crippen molar-refractivity contribution in [3.8, 4) is 11.5 Å². The summed E-state index contributed by atoms with van der Waals surface area (Å²) in [4.78, 5) is 0. The van der Waals surface area contributed by atoms with Crippen molar-refractivity contribution in [1.29, 1.82) is 0 Å². The lowest BCUT2D eigenvalue weighted by Gasteiger charge is -2.15. The Hall–Kier alpha value is -1.44. The van der Waals surface area contributed by atoms with Crippen LogP contribution in [0.25, 0.3) is 0 Å². The van der Waals surface area contributed by atoms with E-state index >= 15 is 0 Å². The number of benzene rings is 1. The zero-order valence-electron chi connectivity index (χ0n) is 8.03. The van der Waals surface area contributed by atoms with E-state index in [2.05, 4.69) is 12.2 Å². The van der Waals surface area contributed by atoms with Crippen molar-refractivity contribution >= 4 is 0 Å². The molecule has 0 aliphatic heterocycles. The van der Waals surface area contributed by atoms with Crippen molar-refractivity contribution in [3.05, 3.63) is 35.4 Å². The lowest BCUT2D eigenvalue weighted by molar-refractivity contribution is 0.406. The third-order valence-electron chi connectivity index (χ3n) is 3.27. The Balaban J connectivity index is 2.27. The molecular formula is C12H12O2. The second kappa shape index (κ2) is 2.53. The van der Waals surface area contributed by atoms with Gasteiger partial charge in [-0.05, 0) is 18.6 Å². The minimum atomic E-state index is 0.407. The summed E-state index contributed by atoms with van der Waals surface area (Å²) >= 11 is 0. The number of hydrogen-bond acceptors (Lipinski definition) is 2. The largest absolute Gasteiger partial charge is 0.508 e. The summed E-state index contributed by atoms with van der Waals surface area (Å²) in [6.45, 7) is 0. The number of fused-ring (bicyclic) bond motifs is 5.